The third-order valence-corrected chi connectivity index (χ3v) is 3.53. The number of sulfonamides is 1. The van der Waals surface area contributed by atoms with Crippen LogP contribution < -0.4 is 9.46 Å². The Balaban J connectivity index is 2.85. The highest BCUT2D eigenvalue weighted by atomic mass is 32.2. The van der Waals surface area contributed by atoms with Crippen molar-refractivity contribution in [2.45, 2.75) is 33.3 Å². The van der Waals surface area contributed by atoms with Crippen molar-refractivity contribution in [3.05, 3.63) is 24.0 Å². The van der Waals surface area contributed by atoms with E-state index in [1.165, 1.54) is 12.1 Å². The number of rotatable bonds is 6. The molecule has 0 aliphatic heterocycles. The lowest BCUT2D eigenvalue weighted by Crippen LogP contribution is -2.16. The van der Waals surface area contributed by atoms with Crippen LogP contribution in [0.5, 0.6) is 5.75 Å². The van der Waals surface area contributed by atoms with Crippen LogP contribution in [0.25, 0.3) is 0 Å². The van der Waals surface area contributed by atoms with Crippen LogP contribution in [0.1, 0.15) is 27.2 Å². The first-order valence-electron chi connectivity index (χ1n) is 5.80. The van der Waals surface area contributed by atoms with Gasteiger partial charge in [0.1, 0.15) is 0 Å². The zero-order valence-electron chi connectivity index (χ0n) is 10.7. The van der Waals surface area contributed by atoms with Gasteiger partial charge < -0.3 is 4.74 Å². The smallest absolute Gasteiger partial charge is 0.232 e. The zero-order valence-corrected chi connectivity index (χ0v) is 11.6. The lowest BCUT2D eigenvalue weighted by Gasteiger charge is -2.12. The number of anilines is 1. The Labute approximate surface area is 107 Å². The van der Waals surface area contributed by atoms with Crippen LogP contribution in [0.4, 0.5) is 10.1 Å². The summed E-state index contributed by atoms with van der Waals surface area (Å²) in [6.45, 7) is 5.34. The highest BCUT2D eigenvalue weighted by Crippen LogP contribution is 2.22. The van der Waals surface area contributed by atoms with Gasteiger partial charge in [-0.1, -0.05) is 6.92 Å². The summed E-state index contributed by atoms with van der Waals surface area (Å²) >= 11 is 0. The van der Waals surface area contributed by atoms with Crippen molar-refractivity contribution in [3.8, 4) is 5.75 Å². The zero-order chi connectivity index (χ0) is 13.8. The molecular weight excluding hydrogens is 257 g/mol. The Kier molecular flexibility index (Phi) is 4.95. The van der Waals surface area contributed by atoms with Crippen LogP contribution in [0, 0.1) is 5.82 Å². The fourth-order valence-corrected chi connectivity index (χ4v) is 2.54. The predicted molar refractivity (Wildman–Crippen MR) is 69.9 cm³/mol. The van der Waals surface area contributed by atoms with E-state index in [2.05, 4.69) is 4.72 Å². The number of halogens is 1. The molecule has 4 nitrogen and oxygen atoms in total. The van der Waals surface area contributed by atoms with Gasteiger partial charge in [0.25, 0.3) is 0 Å². The van der Waals surface area contributed by atoms with E-state index in [4.69, 9.17) is 4.74 Å². The minimum absolute atomic E-state index is 0.0128. The van der Waals surface area contributed by atoms with Gasteiger partial charge in [-0.3, -0.25) is 4.72 Å². The van der Waals surface area contributed by atoms with Crippen molar-refractivity contribution in [3.63, 3.8) is 0 Å². The fraction of sp³-hybridized carbons (Fsp3) is 0.500. The van der Waals surface area contributed by atoms with Crippen molar-refractivity contribution in [1.82, 2.24) is 0 Å². The molecule has 1 aromatic rings. The average Bonchev–Trinajstić information content (AvgIpc) is 2.20. The molecule has 0 spiro atoms. The Morgan fingerprint density at radius 1 is 1.39 bits per heavy atom. The number of hydrogen-bond acceptors (Lipinski definition) is 3. The topological polar surface area (TPSA) is 55.4 Å². The van der Waals surface area contributed by atoms with E-state index in [1.807, 2.05) is 0 Å². The summed E-state index contributed by atoms with van der Waals surface area (Å²) in [5.74, 6) is -0.456. The summed E-state index contributed by atoms with van der Waals surface area (Å²) < 4.78 is 44.2. The van der Waals surface area contributed by atoms with E-state index in [1.54, 1.807) is 20.8 Å². The number of hydrogen-bond donors (Lipinski definition) is 1. The lowest BCUT2D eigenvalue weighted by molar-refractivity contribution is 0.231. The van der Waals surface area contributed by atoms with Crippen molar-refractivity contribution >= 4 is 15.7 Å². The first-order valence-corrected chi connectivity index (χ1v) is 7.46. The van der Waals surface area contributed by atoms with E-state index >= 15 is 0 Å². The monoisotopic (exact) mass is 275 g/mol. The maximum atomic E-state index is 13.6. The Morgan fingerprint density at radius 3 is 2.56 bits per heavy atom. The molecule has 0 aliphatic carbocycles. The van der Waals surface area contributed by atoms with Gasteiger partial charge in [0.05, 0.1) is 17.5 Å². The van der Waals surface area contributed by atoms with Gasteiger partial charge in [0.15, 0.2) is 11.6 Å². The fourth-order valence-electron chi connectivity index (χ4n) is 1.41. The van der Waals surface area contributed by atoms with Crippen molar-refractivity contribution < 1.29 is 17.5 Å². The maximum absolute atomic E-state index is 13.6. The Bertz CT molecular complexity index is 500. The molecule has 0 atom stereocenters. The molecule has 1 aromatic carbocycles. The second kappa shape index (κ2) is 6.04. The summed E-state index contributed by atoms with van der Waals surface area (Å²) in [7, 11) is -3.39. The van der Waals surface area contributed by atoms with Crippen molar-refractivity contribution in [2.24, 2.45) is 0 Å². The maximum Gasteiger partial charge on any atom is 0.232 e. The molecule has 0 bridgehead atoms. The second-order valence-electron chi connectivity index (χ2n) is 4.23. The summed E-state index contributed by atoms with van der Waals surface area (Å²) in [5.41, 5.74) is 0.206. The molecule has 102 valence electrons. The van der Waals surface area contributed by atoms with Crippen LogP contribution in [0.3, 0.4) is 0 Å². The summed E-state index contributed by atoms with van der Waals surface area (Å²) in [6.07, 6.45) is 0.369. The van der Waals surface area contributed by atoms with E-state index in [0.717, 1.165) is 6.07 Å². The summed E-state index contributed by atoms with van der Waals surface area (Å²) in [5, 5.41) is 0. The Hall–Kier alpha value is -1.30. The van der Waals surface area contributed by atoms with Crippen LogP contribution in [0.2, 0.25) is 0 Å². The molecule has 0 unspecified atom stereocenters. The third kappa shape index (κ3) is 4.52. The van der Waals surface area contributed by atoms with Gasteiger partial charge in [0.2, 0.25) is 10.0 Å². The molecule has 0 saturated carbocycles. The molecule has 1 rings (SSSR count). The number of nitrogens with one attached hydrogen (secondary N) is 1. The highest BCUT2D eigenvalue weighted by molar-refractivity contribution is 7.92. The van der Waals surface area contributed by atoms with Crippen LogP contribution in [-0.4, -0.2) is 20.3 Å². The molecule has 0 saturated heterocycles. The van der Waals surface area contributed by atoms with Gasteiger partial charge in [-0.15, -0.1) is 0 Å². The van der Waals surface area contributed by atoms with E-state index in [0.29, 0.717) is 6.42 Å². The Morgan fingerprint density at radius 2 is 2.06 bits per heavy atom. The van der Waals surface area contributed by atoms with Gasteiger partial charge in [-0.2, -0.15) is 0 Å². The van der Waals surface area contributed by atoms with Gasteiger partial charge in [-0.25, -0.2) is 12.8 Å². The van der Waals surface area contributed by atoms with Crippen LogP contribution in [-0.2, 0) is 10.0 Å². The molecular formula is C12H18FNO3S. The SMILES string of the molecule is CCCS(=O)(=O)Nc1ccc(OC(C)C)c(F)c1. The predicted octanol–water partition coefficient (Wildman–Crippen LogP) is 2.76. The minimum atomic E-state index is -3.39. The molecule has 0 amide bonds. The molecule has 0 aliphatic rings. The first-order chi connectivity index (χ1) is 8.34. The number of benzene rings is 1. The quantitative estimate of drug-likeness (QED) is 0.868. The van der Waals surface area contributed by atoms with Crippen molar-refractivity contribution in [1.29, 1.82) is 0 Å². The molecule has 6 heteroatoms. The molecule has 1 N–H and O–H groups in total. The second-order valence-corrected chi connectivity index (χ2v) is 6.07. The normalized spacial score (nSPS) is 11.6. The van der Waals surface area contributed by atoms with Crippen molar-refractivity contribution in [2.75, 3.05) is 10.5 Å². The van der Waals surface area contributed by atoms with Crippen LogP contribution >= 0.6 is 0 Å². The molecule has 18 heavy (non-hydrogen) atoms. The third-order valence-electron chi connectivity index (χ3n) is 2.04. The van der Waals surface area contributed by atoms with E-state index in [-0.39, 0.29) is 23.3 Å². The summed E-state index contributed by atoms with van der Waals surface area (Å²) in [6, 6.07) is 4.01. The molecule has 0 heterocycles. The standard InChI is InChI=1S/C12H18FNO3S/c1-4-7-18(15,16)14-10-5-6-12(11(13)8-10)17-9(2)3/h5-6,8-9,14H,4,7H2,1-3H3. The number of ether oxygens (including phenoxy) is 1. The van der Waals surface area contributed by atoms with Gasteiger partial charge in [-0.05, 0) is 32.4 Å². The summed E-state index contributed by atoms with van der Waals surface area (Å²) in [4.78, 5) is 0. The largest absolute Gasteiger partial charge is 0.488 e. The lowest BCUT2D eigenvalue weighted by atomic mass is 10.3. The molecule has 0 fully saturated rings. The van der Waals surface area contributed by atoms with Gasteiger partial charge in [0, 0.05) is 6.07 Å². The van der Waals surface area contributed by atoms with E-state index in [9.17, 15) is 12.8 Å². The van der Waals surface area contributed by atoms with E-state index < -0.39 is 15.8 Å². The average molecular weight is 275 g/mol. The van der Waals surface area contributed by atoms with Gasteiger partial charge >= 0.3 is 0 Å². The molecule has 0 aromatic heterocycles. The highest BCUT2D eigenvalue weighted by Gasteiger charge is 2.11. The first kappa shape index (κ1) is 14.8. The minimum Gasteiger partial charge on any atom is -0.488 e. The van der Waals surface area contributed by atoms with Crippen LogP contribution in [0.15, 0.2) is 18.2 Å². The molecule has 0 radical (unpaired) electrons.